The highest BCUT2D eigenvalue weighted by molar-refractivity contribution is 8.70. The zero-order valence-electron chi connectivity index (χ0n) is 9.74. The largest absolute Gasteiger partial charge is 0.497 e. The number of nitrogens with zero attached hydrogens (tertiary/aromatic N) is 1. The molecule has 0 aliphatic rings. The molecule has 0 atom stereocenters. The molecule has 6 nitrogen and oxygen atoms in total. The lowest BCUT2D eigenvalue weighted by atomic mass is 10.2. The Morgan fingerprint density at radius 2 is 2.06 bits per heavy atom. The van der Waals surface area contributed by atoms with Gasteiger partial charge in [0.05, 0.1) is 19.4 Å². The Morgan fingerprint density at radius 1 is 1.44 bits per heavy atom. The summed E-state index contributed by atoms with van der Waals surface area (Å²) in [6.07, 6.45) is 0. The number of rotatable bonds is 6. The number of methoxy groups -OCH3 is 1. The summed E-state index contributed by atoms with van der Waals surface area (Å²) in [5, 5.41) is 0. The van der Waals surface area contributed by atoms with Gasteiger partial charge >= 0.3 is 9.15 Å². The Bertz CT molecular complexity index is 511. The third kappa shape index (κ3) is 5.89. The van der Waals surface area contributed by atoms with Gasteiger partial charge in [-0.05, 0) is 17.7 Å². The number of hydrogen-bond donors (Lipinski definition) is 2. The SMILES string of the molecule is COc1ccc(CN=C(N)CSS(=O)(=O)O)cc1. The lowest BCUT2D eigenvalue weighted by Gasteiger charge is -2.02. The topological polar surface area (TPSA) is 102 Å². The standard InChI is InChI=1S/C10H14N2O4S2/c1-16-9-4-2-8(3-5-9)6-12-10(11)7-17-18(13,14)15/h2-5H,6-7H2,1H3,(H2,11,12)(H,13,14,15). The van der Waals surface area contributed by atoms with Gasteiger partial charge in [-0.2, -0.15) is 8.42 Å². The van der Waals surface area contributed by atoms with Crippen molar-refractivity contribution in [3.05, 3.63) is 29.8 Å². The lowest BCUT2D eigenvalue weighted by molar-refractivity contribution is 0.414. The predicted octanol–water partition coefficient (Wildman–Crippen LogP) is 1.09. The van der Waals surface area contributed by atoms with Crippen molar-refractivity contribution in [2.24, 2.45) is 10.7 Å². The van der Waals surface area contributed by atoms with E-state index in [0.717, 1.165) is 11.3 Å². The maximum absolute atomic E-state index is 10.5. The highest BCUT2D eigenvalue weighted by Crippen LogP contribution is 2.12. The summed E-state index contributed by atoms with van der Waals surface area (Å²) >= 11 is 0. The molecule has 0 amide bonds. The molecule has 0 spiro atoms. The molecule has 1 aromatic carbocycles. The third-order valence-electron chi connectivity index (χ3n) is 1.98. The van der Waals surface area contributed by atoms with Crippen molar-refractivity contribution in [2.45, 2.75) is 6.54 Å². The zero-order chi connectivity index (χ0) is 13.6. The van der Waals surface area contributed by atoms with Gasteiger partial charge < -0.3 is 10.5 Å². The predicted molar refractivity (Wildman–Crippen MR) is 72.3 cm³/mol. The first-order chi connectivity index (χ1) is 8.40. The first-order valence-corrected chi connectivity index (χ1v) is 7.88. The average molecular weight is 290 g/mol. The van der Waals surface area contributed by atoms with Crippen LogP contribution in [-0.4, -0.2) is 31.7 Å². The van der Waals surface area contributed by atoms with Crippen molar-refractivity contribution in [2.75, 3.05) is 12.9 Å². The van der Waals surface area contributed by atoms with Gasteiger partial charge in [0.2, 0.25) is 0 Å². The molecule has 0 unspecified atom stereocenters. The van der Waals surface area contributed by atoms with Gasteiger partial charge in [0.1, 0.15) is 11.6 Å². The normalized spacial score (nSPS) is 12.4. The molecule has 0 aliphatic heterocycles. The van der Waals surface area contributed by atoms with Gasteiger partial charge in [0.15, 0.2) is 0 Å². The fourth-order valence-electron chi connectivity index (χ4n) is 1.10. The second kappa shape index (κ2) is 6.62. The summed E-state index contributed by atoms with van der Waals surface area (Å²) in [4.78, 5) is 4.01. The zero-order valence-corrected chi connectivity index (χ0v) is 11.4. The first kappa shape index (κ1) is 14.8. The van der Waals surface area contributed by atoms with Crippen LogP contribution < -0.4 is 10.5 Å². The minimum Gasteiger partial charge on any atom is -0.497 e. The molecule has 0 saturated carbocycles. The van der Waals surface area contributed by atoms with E-state index in [1.54, 1.807) is 19.2 Å². The molecule has 1 rings (SSSR count). The smallest absolute Gasteiger partial charge is 0.320 e. The fourth-order valence-corrected chi connectivity index (χ4v) is 2.27. The van der Waals surface area contributed by atoms with Crippen LogP contribution in [0.5, 0.6) is 5.75 Å². The molecule has 0 heterocycles. The van der Waals surface area contributed by atoms with Crippen LogP contribution in [-0.2, 0) is 15.7 Å². The van der Waals surface area contributed by atoms with E-state index in [1.165, 1.54) is 0 Å². The van der Waals surface area contributed by atoms with Crippen molar-refractivity contribution >= 4 is 25.8 Å². The Balaban J connectivity index is 2.51. The summed E-state index contributed by atoms with van der Waals surface area (Å²) < 4.78 is 34.5. The van der Waals surface area contributed by atoms with E-state index in [1.807, 2.05) is 12.1 Å². The average Bonchev–Trinajstić information content (AvgIpc) is 2.33. The quantitative estimate of drug-likeness (QED) is 0.352. The molecule has 0 aliphatic carbocycles. The number of aliphatic imine (C=N–C) groups is 1. The molecule has 0 fully saturated rings. The van der Waals surface area contributed by atoms with E-state index < -0.39 is 9.15 Å². The van der Waals surface area contributed by atoms with Crippen LogP contribution in [0.25, 0.3) is 0 Å². The fraction of sp³-hybridized carbons (Fsp3) is 0.300. The van der Waals surface area contributed by atoms with Crippen LogP contribution >= 0.6 is 10.8 Å². The van der Waals surface area contributed by atoms with Gasteiger partial charge in [-0.3, -0.25) is 9.55 Å². The maximum atomic E-state index is 10.5. The van der Waals surface area contributed by atoms with Crippen LogP contribution in [0.2, 0.25) is 0 Å². The maximum Gasteiger partial charge on any atom is 0.320 e. The lowest BCUT2D eigenvalue weighted by Crippen LogP contribution is -2.16. The van der Waals surface area contributed by atoms with E-state index in [-0.39, 0.29) is 11.6 Å². The van der Waals surface area contributed by atoms with E-state index in [0.29, 0.717) is 17.3 Å². The van der Waals surface area contributed by atoms with Gasteiger partial charge in [-0.15, -0.1) is 0 Å². The van der Waals surface area contributed by atoms with Gasteiger partial charge in [-0.1, -0.05) is 12.1 Å². The van der Waals surface area contributed by atoms with Crippen molar-refractivity contribution in [3.8, 4) is 5.75 Å². The minimum atomic E-state index is -4.07. The second-order valence-electron chi connectivity index (χ2n) is 3.35. The van der Waals surface area contributed by atoms with Crippen LogP contribution in [0.1, 0.15) is 5.56 Å². The van der Waals surface area contributed by atoms with E-state index in [4.69, 9.17) is 15.0 Å². The third-order valence-corrected chi connectivity index (χ3v) is 3.94. The number of hydrogen-bond acceptors (Lipinski definition) is 5. The Labute approximate surface area is 109 Å². The first-order valence-electron chi connectivity index (χ1n) is 4.94. The van der Waals surface area contributed by atoms with Crippen molar-refractivity contribution < 1.29 is 17.7 Å². The number of amidine groups is 1. The van der Waals surface area contributed by atoms with Gasteiger partial charge in [-0.25, -0.2) is 0 Å². The van der Waals surface area contributed by atoms with Crippen molar-refractivity contribution in [1.82, 2.24) is 0 Å². The second-order valence-corrected chi connectivity index (χ2v) is 6.70. The van der Waals surface area contributed by atoms with Crippen LogP contribution in [0.3, 0.4) is 0 Å². The molecule has 0 saturated heterocycles. The molecule has 0 radical (unpaired) electrons. The minimum absolute atomic E-state index is 0.0605. The Morgan fingerprint density at radius 3 is 2.56 bits per heavy atom. The molecule has 0 bridgehead atoms. The molecule has 1 aromatic rings. The van der Waals surface area contributed by atoms with E-state index in [9.17, 15) is 8.42 Å². The van der Waals surface area contributed by atoms with Gasteiger partial charge in [0.25, 0.3) is 0 Å². The molecule has 3 N–H and O–H groups in total. The summed E-state index contributed by atoms with van der Waals surface area (Å²) in [5.41, 5.74) is 6.44. The van der Waals surface area contributed by atoms with Crippen LogP contribution in [0, 0.1) is 0 Å². The van der Waals surface area contributed by atoms with E-state index >= 15 is 0 Å². The summed E-state index contributed by atoms with van der Waals surface area (Å²) in [6, 6.07) is 7.28. The van der Waals surface area contributed by atoms with E-state index in [2.05, 4.69) is 4.99 Å². The highest BCUT2D eigenvalue weighted by atomic mass is 33.1. The highest BCUT2D eigenvalue weighted by Gasteiger charge is 2.06. The molecule has 8 heteroatoms. The van der Waals surface area contributed by atoms with Crippen LogP contribution in [0.15, 0.2) is 29.3 Å². The van der Waals surface area contributed by atoms with Gasteiger partial charge in [0, 0.05) is 10.8 Å². The monoisotopic (exact) mass is 290 g/mol. The number of nitrogens with two attached hydrogens (primary N) is 1. The van der Waals surface area contributed by atoms with Crippen LogP contribution in [0.4, 0.5) is 0 Å². The molecule has 100 valence electrons. The Hall–Kier alpha value is -1.25. The van der Waals surface area contributed by atoms with Crippen molar-refractivity contribution in [1.29, 1.82) is 0 Å². The number of benzene rings is 1. The summed E-state index contributed by atoms with van der Waals surface area (Å²) in [5.74, 6) is 0.848. The molecular weight excluding hydrogens is 276 g/mol. The van der Waals surface area contributed by atoms with Crippen molar-refractivity contribution in [3.63, 3.8) is 0 Å². The Kier molecular flexibility index (Phi) is 5.45. The number of ether oxygens (including phenoxy) is 1. The summed E-state index contributed by atoms with van der Waals surface area (Å²) in [7, 11) is -2.16. The summed E-state index contributed by atoms with van der Waals surface area (Å²) in [6.45, 7) is 0.349. The molecular formula is C10H14N2O4S2. The molecule has 18 heavy (non-hydrogen) atoms. The molecule has 0 aromatic heterocycles.